The molecule has 1 aliphatic rings. The lowest BCUT2D eigenvalue weighted by Crippen LogP contribution is -2.46. The molecule has 126 valence electrons. The standard InChI is InChI=1S/C15H16ClN5O3/c1-21-7-11(15(23)24)12(20-21)14(22)18-13-10(6-17-19-13)8-2-4-9(16)5-3-8/h2-5,7,10,13,17,19H,6H2,1H3,(H,18,22)(H,23,24). The van der Waals surface area contributed by atoms with Crippen LogP contribution >= 0.6 is 11.6 Å². The number of amides is 1. The van der Waals surface area contributed by atoms with Crippen molar-refractivity contribution >= 4 is 23.5 Å². The zero-order chi connectivity index (χ0) is 17.3. The SMILES string of the molecule is Cn1cc(C(=O)O)c(C(=O)NC2NNCC2c2ccc(Cl)cc2)n1. The maximum Gasteiger partial charge on any atom is 0.339 e. The van der Waals surface area contributed by atoms with Gasteiger partial charge in [0, 0.05) is 30.7 Å². The van der Waals surface area contributed by atoms with Gasteiger partial charge < -0.3 is 10.4 Å². The highest BCUT2D eigenvalue weighted by Gasteiger charge is 2.31. The van der Waals surface area contributed by atoms with E-state index in [1.165, 1.54) is 10.9 Å². The van der Waals surface area contributed by atoms with E-state index in [0.717, 1.165) is 5.56 Å². The molecule has 2 heterocycles. The molecule has 24 heavy (non-hydrogen) atoms. The Kier molecular flexibility index (Phi) is 4.52. The first-order valence-corrected chi connectivity index (χ1v) is 7.65. The Morgan fingerprint density at radius 1 is 1.38 bits per heavy atom. The van der Waals surface area contributed by atoms with Gasteiger partial charge in [-0.1, -0.05) is 23.7 Å². The largest absolute Gasteiger partial charge is 0.478 e. The van der Waals surface area contributed by atoms with E-state index in [1.54, 1.807) is 19.2 Å². The third-order valence-electron chi connectivity index (χ3n) is 3.84. The van der Waals surface area contributed by atoms with Crippen molar-refractivity contribution in [3.05, 3.63) is 52.3 Å². The molecule has 1 amide bonds. The van der Waals surface area contributed by atoms with Crippen LogP contribution in [0.2, 0.25) is 5.02 Å². The molecule has 9 heteroatoms. The van der Waals surface area contributed by atoms with Gasteiger partial charge in [-0.15, -0.1) is 0 Å². The molecule has 0 radical (unpaired) electrons. The fraction of sp³-hybridized carbons (Fsp3) is 0.267. The Bertz CT molecular complexity index is 774. The summed E-state index contributed by atoms with van der Waals surface area (Å²) in [5.74, 6) is -1.77. The predicted molar refractivity (Wildman–Crippen MR) is 86.8 cm³/mol. The van der Waals surface area contributed by atoms with Crippen molar-refractivity contribution in [2.24, 2.45) is 7.05 Å². The Hall–Kier alpha value is -2.42. The van der Waals surface area contributed by atoms with Crippen molar-refractivity contribution in [3.63, 3.8) is 0 Å². The number of hydrogen-bond donors (Lipinski definition) is 4. The first-order chi connectivity index (χ1) is 11.5. The quantitative estimate of drug-likeness (QED) is 0.647. The van der Waals surface area contributed by atoms with Gasteiger partial charge in [-0.25, -0.2) is 10.2 Å². The number of nitrogens with zero attached hydrogens (tertiary/aromatic N) is 2. The molecule has 4 N–H and O–H groups in total. The number of nitrogens with one attached hydrogen (secondary N) is 3. The number of rotatable bonds is 4. The van der Waals surface area contributed by atoms with Gasteiger partial charge in [-0.3, -0.25) is 14.9 Å². The van der Waals surface area contributed by atoms with Crippen LogP contribution in [-0.2, 0) is 7.05 Å². The highest BCUT2D eigenvalue weighted by atomic mass is 35.5. The average molecular weight is 350 g/mol. The van der Waals surface area contributed by atoms with E-state index >= 15 is 0 Å². The number of benzene rings is 1. The molecule has 0 spiro atoms. The minimum absolute atomic E-state index is 0.0248. The normalized spacial score (nSPS) is 20.1. The number of carboxylic acids is 1. The van der Waals surface area contributed by atoms with Crippen LogP contribution in [-0.4, -0.2) is 39.5 Å². The van der Waals surface area contributed by atoms with Gasteiger partial charge in [0.25, 0.3) is 5.91 Å². The number of hydrogen-bond acceptors (Lipinski definition) is 5. The van der Waals surface area contributed by atoms with Crippen molar-refractivity contribution in [1.82, 2.24) is 25.9 Å². The fourth-order valence-electron chi connectivity index (χ4n) is 2.68. The van der Waals surface area contributed by atoms with Crippen LogP contribution in [0.3, 0.4) is 0 Å². The van der Waals surface area contributed by atoms with Gasteiger partial charge in [-0.05, 0) is 17.7 Å². The van der Waals surface area contributed by atoms with Gasteiger partial charge in [0.15, 0.2) is 5.69 Å². The molecule has 1 aromatic carbocycles. The monoisotopic (exact) mass is 349 g/mol. The van der Waals surface area contributed by atoms with Crippen LogP contribution in [0.25, 0.3) is 0 Å². The van der Waals surface area contributed by atoms with Gasteiger partial charge in [0.1, 0.15) is 11.7 Å². The summed E-state index contributed by atoms with van der Waals surface area (Å²) in [5, 5.41) is 16.5. The van der Waals surface area contributed by atoms with Crippen molar-refractivity contribution in [2.75, 3.05) is 6.54 Å². The van der Waals surface area contributed by atoms with Crippen molar-refractivity contribution in [1.29, 1.82) is 0 Å². The summed E-state index contributed by atoms with van der Waals surface area (Å²) in [4.78, 5) is 23.7. The van der Waals surface area contributed by atoms with Gasteiger partial charge in [0.05, 0.1) is 0 Å². The molecular weight excluding hydrogens is 334 g/mol. The van der Waals surface area contributed by atoms with Crippen LogP contribution in [0.5, 0.6) is 0 Å². The summed E-state index contributed by atoms with van der Waals surface area (Å²) in [5.41, 5.74) is 6.72. The molecule has 2 atom stereocenters. The number of hydrazine groups is 1. The predicted octanol–water partition coefficient (Wildman–Crippen LogP) is 0.719. The van der Waals surface area contributed by atoms with E-state index < -0.39 is 18.0 Å². The van der Waals surface area contributed by atoms with Gasteiger partial charge in [0.2, 0.25) is 0 Å². The summed E-state index contributed by atoms with van der Waals surface area (Å²) in [6.45, 7) is 0.612. The second kappa shape index (κ2) is 6.60. The van der Waals surface area contributed by atoms with Crippen LogP contribution in [0.4, 0.5) is 0 Å². The summed E-state index contributed by atoms with van der Waals surface area (Å²) >= 11 is 5.90. The topological polar surface area (TPSA) is 108 Å². The lowest BCUT2D eigenvalue weighted by Gasteiger charge is -2.20. The molecule has 8 nitrogen and oxygen atoms in total. The Morgan fingerprint density at radius 3 is 2.75 bits per heavy atom. The lowest BCUT2D eigenvalue weighted by atomic mass is 9.97. The Morgan fingerprint density at radius 2 is 2.08 bits per heavy atom. The zero-order valence-corrected chi connectivity index (χ0v) is 13.5. The summed E-state index contributed by atoms with van der Waals surface area (Å²) in [6.07, 6.45) is 0.899. The molecule has 2 aromatic rings. The number of aromatic nitrogens is 2. The molecule has 0 saturated carbocycles. The summed E-state index contributed by atoms with van der Waals surface area (Å²) in [6, 6.07) is 7.36. The number of aryl methyl sites for hydroxylation is 1. The summed E-state index contributed by atoms with van der Waals surface area (Å²) < 4.78 is 1.30. The van der Waals surface area contributed by atoms with Crippen LogP contribution in [0, 0.1) is 0 Å². The average Bonchev–Trinajstić information content (AvgIpc) is 3.14. The van der Waals surface area contributed by atoms with Crippen LogP contribution in [0.15, 0.2) is 30.5 Å². The van der Waals surface area contributed by atoms with E-state index in [0.29, 0.717) is 11.6 Å². The molecule has 2 unspecified atom stereocenters. The molecule has 1 aromatic heterocycles. The van der Waals surface area contributed by atoms with E-state index in [-0.39, 0.29) is 17.2 Å². The Labute approximate surface area is 142 Å². The van der Waals surface area contributed by atoms with Crippen molar-refractivity contribution < 1.29 is 14.7 Å². The number of halogens is 1. The van der Waals surface area contributed by atoms with Crippen LogP contribution < -0.4 is 16.2 Å². The lowest BCUT2D eigenvalue weighted by molar-refractivity contribution is 0.0690. The van der Waals surface area contributed by atoms with E-state index in [9.17, 15) is 14.7 Å². The molecule has 1 aliphatic heterocycles. The van der Waals surface area contributed by atoms with Gasteiger partial charge >= 0.3 is 5.97 Å². The first kappa shape index (κ1) is 16.4. The molecule has 1 saturated heterocycles. The minimum atomic E-state index is -1.19. The molecule has 0 bridgehead atoms. The minimum Gasteiger partial charge on any atom is -0.478 e. The number of carbonyl (C=O) groups excluding carboxylic acids is 1. The second-order valence-corrected chi connectivity index (χ2v) is 5.94. The maximum atomic E-state index is 12.4. The van der Waals surface area contributed by atoms with Gasteiger partial charge in [-0.2, -0.15) is 5.10 Å². The van der Waals surface area contributed by atoms with Crippen molar-refractivity contribution in [2.45, 2.75) is 12.1 Å². The van der Waals surface area contributed by atoms with Crippen molar-refractivity contribution in [3.8, 4) is 0 Å². The molecule has 3 rings (SSSR count). The fourth-order valence-corrected chi connectivity index (χ4v) is 2.80. The van der Waals surface area contributed by atoms with Crippen LogP contribution in [0.1, 0.15) is 32.3 Å². The Balaban J connectivity index is 1.78. The zero-order valence-electron chi connectivity index (χ0n) is 12.8. The smallest absolute Gasteiger partial charge is 0.339 e. The molecular formula is C15H16ClN5O3. The third kappa shape index (κ3) is 3.25. The first-order valence-electron chi connectivity index (χ1n) is 7.27. The third-order valence-corrected chi connectivity index (χ3v) is 4.09. The summed E-state index contributed by atoms with van der Waals surface area (Å²) in [7, 11) is 1.56. The van der Waals surface area contributed by atoms with E-state index in [1.807, 2.05) is 12.1 Å². The highest BCUT2D eigenvalue weighted by Crippen LogP contribution is 2.23. The number of carboxylic acid groups (broad SMARTS) is 1. The molecule has 1 fully saturated rings. The maximum absolute atomic E-state index is 12.4. The second-order valence-electron chi connectivity index (χ2n) is 5.50. The van der Waals surface area contributed by atoms with E-state index in [2.05, 4.69) is 21.3 Å². The molecule has 0 aliphatic carbocycles. The highest BCUT2D eigenvalue weighted by molar-refractivity contribution is 6.30. The van der Waals surface area contributed by atoms with E-state index in [4.69, 9.17) is 11.6 Å². The number of carbonyl (C=O) groups is 2. The number of aromatic carboxylic acids is 1.